The number of nitrogens with one attached hydrogen (secondary N) is 2. The van der Waals surface area contributed by atoms with Crippen molar-refractivity contribution in [3.8, 4) is 11.5 Å². The zero-order valence-electron chi connectivity index (χ0n) is 28.4. The zero-order valence-corrected chi connectivity index (χ0v) is 28.4. The smallest absolute Gasteiger partial charge is 0.120 e. The molecule has 0 saturated heterocycles. The van der Waals surface area contributed by atoms with Gasteiger partial charge < -0.3 is 20.8 Å². The molecular formula is C42H58N2O2. The van der Waals surface area contributed by atoms with Gasteiger partial charge in [-0.15, -0.1) is 0 Å². The number of aromatic hydroxyl groups is 2. The molecule has 4 aromatic rings. The van der Waals surface area contributed by atoms with Crippen LogP contribution in [0.25, 0.3) is 0 Å². The van der Waals surface area contributed by atoms with E-state index >= 15 is 0 Å². The van der Waals surface area contributed by atoms with Crippen molar-refractivity contribution in [2.24, 2.45) is 0 Å². The highest BCUT2D eigenvalue weighted by Crippen LogP contribution is 2.26. The molecule has 0 fully saturated rings. The van der Waals surface area contributed by atoms with E-state index < -0.39 is 0 Å². The van der Waals surface area contributed by atoms with Crippen LogP contribution in [-0.2, 0) is 12.8 Å². The maximum atomic E-state index is 10.2. The van der Waals surface area contributed by atoms with Crippen molar-refractivity contribution in [2.75, 3.05) is 10.6 Å². The average molecular weight is 623 g/mol. The van der Waals surface area contributed by atoms with E-state index in [4.69, 9.17) is 0 Å². The number of hydrogen-bond acceptors (Lipinski definition) is 4. The summed E-state index contributed by atoms with van der Waals surface area (Å²) < 4.78 is 0. The molecule has 46 heavy (non-hydrogen) atoms. The van der Waals surface area contributed by atoms with Crippen LogP contribution in [0.2, 0.25) is 0 Å². The molecule has 4 aromatic carbocycles. The Labute approximate surface area is 279 Å². The predicted octanol–water partition coefficient (Wildman–Crippen LogP) is 12.9. The average Bonchev–Trinajstić information content (AvgIpc) is 3.06. The Morgan fingerprint density at radius 1 is 0.435 bits per heavy atom. The Balaban J connectivity index is 0.000000250. The number of aryl methyl sites for hydroxylation is 2. The molecule has 4 heteroatoms. The summed E-state index contributed by atoms with van der Waals surface area (Å²) in [4.78, 5) is 0. The van der Waals surface area contributed by atoms with Gasteiger partial charge in [0.25, 0.3) is 0 Å². The Morgan fingerprint density at radius 2 is 0.935 bits per heavy atom. The van der Waals surface area contributed by atoms with Crippen molar-refractivity contribution < 1.29 is 10.2 Å². The van der Waals surface area contributed by atoms with Crippen molar-refractivity contribution in [1.82, 2.24) is 0 Å². The van der Waals surface area contributed by atoms with Crippen LogP contribution in [0.15, 0.2) is 97.1 Å². The molecule has 0 bridgehead atoms. The summed E-state index contributed by atoms with van der Waals surface area (Å²) in [5.74, 6) is 0.683. The minimum absolute atomic E-state index is 0.283. The SMILES string of the molecule is CCCCCCCCCc1ccc(Nc2cccc(O)c2)cc1.CCCCCCCCCc1ccc(Nc2ccccc2)cc1O. The highest BCUT2D eigenvalue weighted by molar-refractivity contribution is 5.62. The maximum Gasteiger partial charge on any atom is 0.120 e. The van der Waals surface area contributed by atoms with E-state index in [-0.39, 0.29) is 5.75 Å². The van der Waals surface area contributed by atoms with Gasteiger partial charge in [-0.25, -0.2) is 0 Å². The summed E-state index contributed by atoms with van der Waals surface area (Å²) in [5.41, 5.74) is 6.38. The van der Waals surface area contributed by atoms with Gasteiger partial charge in [0.2, 0.25) is 0 Å². The number of phenolic OH excluding ortho intramolecular Hbond substituents is 2. The zero-order chi connectivity index (χ0) is 32.7. The van der Waals surface area contributed by atoms with Crippen LogP contribution in [0.1, 0.15) is 115 Å². The van der Waals surface area contributed by atoms with Gasteiger partial charge in [-0.3, -0.25) is 0 Å². The van der Waals surface area contributed by atoms with Gasteiger partial charge in [-0.05, 0) is 79.3 Å². The fourth-order valence-corrected chi connectivity index (χ4v) is 5.61. The lowest BCUT2D eigenvalue weighted by molar-refractivity contribution is 0.466. The Hall–Kier alpha value is -3.92. The van der Waals surface area contributed by atoms with Gasteiger partial charge >= 0.3 is 0 Å². The lowest BCUT2D eigenvalue weighted by Gasteiger charge is -2.10. The van der Waals surface area contributed by atoms with Gasteiger partial charge in [0.05, 0.1) is 0 Å². The van der Waals surface area contributed by atoms with Crippen LogP contribution in [-0.4, -0.2) is 10.2 Å². The third-order valence-corrected chi connectivity index (χ3v) is 8.36. The van der Waals surface area contributed by atoms with E-state index in [9.17, 15) is 10.2 Å². The van der Waals surface area contributed by atoms with Gasteiger partial charge in [0.1, 0.15) is 11.5 Å². The molecule has 248 valence electrons. The molecule has 0 aliphatic heterocycles. The van der Waals surface area contributed by atoms with Crippen molar-refractivity contribution in [2.45, 2.75) is 117 Å². The molecule has 0 aliphatic rings. The number of benzene rings is 4. The van der Waals surface area contributed by atoms with Crippen molar-refractivity contribution in [3.05, 3.63) is 108 Å². The molecule has 0 unspecified atom stereocenters. The van der Waals surface area contributed by atoms with Gasteiger partial charge in [-0.1, -0.05) is 133 Å². The van der Waals surface area contributed by atoms with Crippen molar-refractivity contribution in [3.63, 3.8) is 0 Å². The largest absolute Gasteiger partial charge is 0.508 e. The second kappa shape index (κ2) is 22.6. The summed E-state index contributed by atoms with van der Waals surface area (Å²) >= 11 is 0. The van der Waals surface area contributed by atoms with Crippen molar-refractivity contribution in [1.29, 1.82) is 0 Å². The first-order chi connectivity index (χ1) is 22.6. The molecule has 0 aromatic heterocycles. The third-order valence-electron chi connectivity index (χ3n) is 8.36. The summed E-state index contributed by atoms with van der Waals surface area (Å²) in [6.07, 6.45) is 20.7. The summed E-state index contributed by atoms with van der Waals surface area (Å²) in [5, 5.41) is 26.3. The molecule has 4 rings (SSSR count). The lowest BCUT2D eigenvalue weighted by atomic mass is 10.0. The minimum atomic E-state index is 0.283. The van der Waals surface area contributed by atoms with E-state index in [0.717, 1.165) is 41.2 Å². The van der Waals surface area contributed by atoms with Crippen LogP contribution < -0.4 is 10.6 Å². The quantitative estimate of drug-likeness (QED) is 0.0740. The first-order valence-corrected chi connectivity index (χ1v) is 17.9. The number of unbranched alkanes of at least 4 members (excludes halogenated alkanes) is 12. The molecule has 0 radical (unpaired) electrons. The van der Waals surface area contributed by atoms with E-state index in [1.165, 1.54) is 95.5 Å². The number of hydrogen-bond donors (Lipinski definition) is 4. The molecule has 0 amide bonds. The van der Waals surface area contributed by atoms with E-state index in [1.807, 2.05) is 60.7 Å². The van der Waals surface area contributed by atoms with E-state index in [1.54, 1.807) is 12.1 Å². The standard InChI is InChI=1S/2C21H29NO/c1-2-3-4-5-6-7-9-12-18-15-16-20(17-21(18)23)22-19-13-10-8-11-14-19;1-2-3-4-5-6-7-8-10-18-13-15-19(16-14-18)22-20-11-9-12-21(23)17-20/h8,10-11,13-17,22-23H,2-7,9,12H2,1H3;9,11-17,22-23H,2-8,10H2,1H3. The monoisotopic (exact) mass is 622 g/mol. The summed E-state index contributed by atoms with van der Waals surface area (Å²) in [7, 11) is 0. The van der Waals surface area contributed by atoms with E-state index in [0.29, 0.717) is 5.75 Å². The summed E-state index contributed by atoms with van der Waals surface area (Å²) in [6, 6.07) is 31.7. The first kappa shape index (κ1) is 36.5. The fourth-order valence-electron chi connectivity index (χ4n) is 5.61. The number of anilines is 4. The predicted molar refractivity (Wildman–Crippen MR) is 199 cm³/mol. The number of para-hydroxylation sites is 1. The third kappa shape index (κ3) is 15.4. The van der Waals surface area contributed by atoms with Crippen LogP contribution in [0.4, 0.5) is 22.7 Å². The summed E-state index contributed by atoms with van der Waals surface area (Å²) in [6.45, 7) is 4.51. The van der Waals surface area contributed by atoms with Crippen LogP contribution in [0.3, 0.4) is 0 Å². The molecule has 0 aliphatic carbocycles. The van der Waals surface area contributed by atoms with Crippen LogP contribution in [0, 0.1) is 0 Å². The molecule has 0 spiro atoms. The maximum absolute atomic E-state index is 10.2. The molecule has 4 nitrogen and oxygen atoms in total. The molecule has 0 saturated carbocycles. The minimum Gasteiger partial charge on any atom is -0.508 e. The lowest BCUT2D eigenvalue weighted by Crippen LogP contribution is -1.92. The second-order valence-electron chi connectivity index (χ2n) is 12.4. The number of rotatable bonds is 20. The fraction of sp³-hybridized carbons (Fsp3) is 0.429. The molecule has 0 atom stereocenters. The molecule has 4 N–H and O–H groups in total. The Morgan fingerprint density at radius 3 is 1.52 bits per heavy atom. The van der Waals surface area contributed by atoms with Gasteiger partial charge in [0, 0.05) is 34.9 Å². The van der Waals surface area contributed by atoms with Gasteiger partial charge in [-0.2, -0.15) is 0 Å². The van der Waals surface area contributed by atoms with Crippen LogP contribution >= 0.6 is 0 Å². The highest BCUT2D eigenvalue weighted by atomic mass is 16.3. The topological polar surface area (TPSA) is 64.5 Å². The molecule has 0 heterocycles. The van der Waals surface area contributed by atoms with Crippen molar-refractivity contribution >= 4 is 22.7 Å². The van der Waals surface area contributed by atoms with Crippen LogP contribution in [0.5, 0.6) is 11.5 Å². The first-order valence-electron chi connectivity index (χ1n) is 17.9. The van der Waals surface area contributed by atoms with E-state index in [2.05, 4.69) is 48.7 Å². The molecular weight excluding hydrogens is 564 g/mol. The Kier molecular flexibility index (Phi) is 17.9. The second-order valence-corrected chi connectivity index (χ2v) is 12.4. The van der Waals surface area contributed by atoms with Gasteiger partial charge in [0.15, 0.2) is 0 Å². The Bertz CT molecular complexity index is 1340. The normalized spacial score (nSPS) is 10.7. The highest BCUT2D eigenvalue weighted by Gasteiger charge is 2.04. The number of phenols is 2.